The predicted octanol–water partition coefficient (Wildman–Crippen LogP) is 5.27. The molecule has 4 rings (SSSR count). The van der Waals surface area contributed by atoms with Crippen molar-refractivity contribution in [3.63, 3.8) is 0 Å². The van der Waals surface area contributed by atoms with Crippen molar-refractivity contribution < 1.29 is 17.9 Å². The molecule has 2 atom stereocenters. The van der Waals surface area contributed by atoms with Crippen molar-refractivity contribution in [1.82, 2.24) is 14.5 Å². The molecule has 0 aliphatic carbocycles. The average molecular weight is 536 g/mol. The van der Waals surface area contributed by atoms with Crippen LogP contribution < -0.4 is 15.8 Å². The van der Waals surface area contributed by atoms with Crippen LogP contribution in [0.3, 0.4) is 0 Å². The Hall–Kier alpha value is -3.11. The summed E-state index contributed by atoms with van der Waals surface area (Å²) in [6.45, 7) is 7.53. The number of rotatable bonds is 8. The van der Waals surface area contributed by atoms with Gasteiger partial charge in [0.15, 0.2) is 0 Å². The quantitative estimate of drug-likeness (QED) is 0.424. The van der Waals surface area contributed by atoms with Crippen LogP contribution in [0.25, 0.3) is 11.4 Å². The summed E-state index contributed by atoms with van der Waals surface area (Å²) in [7, 11) is 0. The number of halogens is 4. The molecule has 1 aliphatic heterocycles. The SMILES string of the molecule is CCOC1CN(c2ccccn2)CC1Nc1c(CC)nc(-c2ccc(C(F)(F)F)cc2Cl)n(CC)c1=O. The molecule has 1 fully saturated rings. The Morgan fingerprint density at radius 2 is 1.95 bits per heavy atom. The second kappa shape index (κ2) is 11.1. The van der Waals surface area contributed by atoms with Gasteiger partial charge in [-0.15, -0.1) is 0 Å². The summed E-state index contributed by atoms with van der Waals surface area (Å²) >= 11 is 6.25. The zero-order valence-corrected chi connectivity index (χ0v) is 21.6. The summed E-state index contributed by atoms with van der Waals surface area (Å²) in [6.07, 6.45) is -2.54. The molecule has 1 N–H and O–H groups in total. The normalized spacial score (nSPS) is 17.9. The number of benzene rings is 1. The molecule has 37 heavy (non-hydrogen) atoms. The van der Waals surface area contributed by atoms with Crippen molar-refractivity contribution in [1.29, 1.82) is 0 Å². The maximum atomic E-state index is 13.7. The Balaban J connectivity index is 1.72. The number of anilines is 2. The molecule has 0 spiro atoms. The second-order valence-corrected chi connectivity index (χ2v) is 9.10. The van der Waals surface area contributed by atoms with Gasteiger partial charge in [-0.05, 0) is 50.6 Å². The minimum Gasteiger partial charge on any atom is -0.374 e. The number of alkyl halides is 3. The number of hydrogen-bond donors (Lipinski definition) is 1. The van der Waals surface area contributed by atoms with Gasteiger partial charge in [0.05, 0.1) is 28.4 Å². The number of aryl methyl sites for hydroxylation is 1. The van der Waals surface area contributed by atoms with Crippen LogP contribution in [0.4, 0.5) is 24.7 Å². The lowest BCUT2D eigenvalue weighted by Gasteiger charge is -2.23. The topological polar surface area (TPSA) is 72.3 Å². The van der Waals surface area contributed by atoms with Gasteiger partial charge < -0.3 is 15.0 Å². The first kappa shape index (κ1) is 26.9. The largest absolute Gasteiger partial charge is 0.416 e. The number of aromatic nitrogens is 3. The van der Waals surface area contributed by atoms with Crippen LogP contribution in [0.5, 0.6) is 0 Å². The first-order valence-corrected chi connectivity index (χ1v) is 12.6. The molecule has 198 valence electrons. The summed E-state index contributed by atoms with van der Waals surface area (Å²) in [5.74, 6) is 1.06. The summed E-state index contributed by atoms with van der Waals surface area (Å²) < 4.78 is 46.8. The molecular formula is C26H29ClF3N5O2. The number of nitrogens with one attached hydrogen (secondary N) is 1. The Morgan fingerprint density at radius 3 is 2.54 bits per heavy atom. The van der Waals surface area contributed by atoms with Crippen LogP contribution >= 0.6 is 11.6 Å². The van der Waals surface area contributed by atoms with Gasteiger partial charge >= 0.3 is 6.18 Å². The highest BCUT2D eigenvalue weighted by atomic mass is 35.5. The van der Waals surface area contributed by atoms with Gasteiger partial charge in [0.2, 0.25) is 0 Å². The van der Waals surface area contributed by atoms with Gasteiger partial charge in [-0.2, -0.15) is 13.2 Å². The van der Waals surface area contributed by atoms with Crippen LogP contribution in [-0.2, 0) is 23.9 Å². The highest BCUT2D eigenvalue weighted by Crippen LogP contribution is 2.35. The molecule has 0 bridgehead atoms. The highest BCUT2D eigenvalue weighted by molar-refractivity contribution is 6.33. The predicted molar refractivity (Wildman–Crippen MR) is 138 cm³/mol. The van der Waals surface area contributed by atoms with Crippen LogP contribution in [0, 0.1) is 0 Å². The number of ether oxygens (including phenoxy) is 1. The van der Waals surface area contributed by atoms with Crippen molar-refractivity contribution >= 4 is 23.1 Å². The number of hydrogen-bond acceptors (Lipinski definition) is 6. The number of nitrogens with zero attached hydrogens (tertiary/aromatic N) is 4. The number of pyridine rings is 1. The monoisotopic (exact) mass is 535 g/mol. The lowest BCUT2D eigenvalue weighted by atomic mass is 10.1. The minimum absolute atomic E-state index is 0.120. The molecule has 0 saturated carbocycles. The first-order chi connectivity index (χ1) is 17.7. The van der Waals surface area contributed by atoms with Gasteiger partial charge in [-0.25, -0.2) is 9.97 Å². The highest BCUT2D eigenvalue weighted by Gasteiger charge is 2.36. The Bertz CT molecular complexity index is 1300. The third kappa shape index (κ3) is 5.60. The molecule has 3 heterocycles. The van der Waals surface area contributed by atoms with E-state index in [-0.39, 0.29) is 40.7 Å². The van der Waals surface area contributed by atoms with Crippen molar-refractivity contribution in [2.75, 3.05) is 29.9 Å². The zero-order valence-electron chi connectivity index (χ0n) is 20.8. The molecule has 0 amide bonds. The lowest BCUT2D eigenvalue weighted by Crippen LogP contribution is -2.38. The van der Waals surface area contributed by atoms with Crippen LogP contribution in [0.15, 0.2) is 47.4 Å². The van der Waals surface area contributed by atoms with E-state index in [1.54, 1.807) is 13.1 Å². The zero-order chi connectivity index (χ0) is 26.7. The summed E-state index contributed by atoms with van der Waals surface area (Å²) in [6, 6.07) is 8.57. The molecule has 2 aromatic heterocycles. The van der Waals surface area contributed by atoms with E-state index in [1.165, 1.54) is 10.6 Å². The minimum atomic E-state index is -4.52. The fourth-order valence-corrected chi connectivity index (χ4v) is 4.85. The Labute approximate surface area is 218 Å². The first-order valence-electron chi connectivity index (χ1n) is 12.2. The maximum absolute atomic E-state index is 13.7. The van der Waals surface area contributed by atoms with Gasteiger partial charge in [0.1, 0.15) is 17.3 Å². The van der Waals surface area contributed by atoms with Crippen molar-refractivity contribution in [3.05, 3.63) is 69.2 Å². The van der Waals surface area contributed by atoms with Gasteiger partial charge in [0, 0.05) is 38.0 Å². The van der Waals surface area contributed by atoms with E-state index in [2.05, 4.69) is 15.2 Å². The molecule has 7 nitrogen and oxygen atoms in total. The molecule has 3 aromatic rings. The van der Waals surface area contributed by atoms with Gasteiger partial charge in [-0.1, -0.05) is 24.6 Å². The van der Waals surface area contributed by atoms with Crippen molar-refractivity contribution in [2.45, 2.75) is 52.1 Å². The van der Waals surface area contributed by atoms with E-state index >= 15 is 0 Å². The summed E-state index contributed by atoms with van der Waals surface area (Å²) in [5.41, 5.74) is -0.0432. The van der Waals surface area contributed by atoms with Gasteiger partial charge in [0.25, 0.3) is 5.56 Å². The molecule has 11 heteroatoms. The molecule has 1 aliphatic rings. The molecule has 0 radical (unpaired) electrons. The maximum Gasteiger partial charge on any atom is 0.416 e. The standard InChI is InChI=1S/C26H29ClF3N5O2/c1-4-19-23(32-20-14-34(15-21(20)37-6-3)22-9-7-8-12-31-22)25(36)35(5-2)24(33-19)17-11-10-16(13-18(17)27)26(28,29)30/h7-13,20-21,32H,4-6,14-15H2,1-3H3. The smallest absolute Gasteiger partial charge is 0.374 e. The fourth-order valence-electron chi connectivity index (χ4n) is 4.58. The van der Waals surface area contributed by atoms with Crippen LogP contribution in [-0.4, -0.2) is 46.4 Å². The third-order valence-electron chi connectivity index (χ3n) is 6.38. The van der Waals surface area contributed by atoms with E-state index in [0.717, 1.165) is 18.0 Å². The van der Waals surface area contributed by atoms with Crippen molar-refractivity contribution in [2.24, 2.45) is 0 Å². The van der Waals surface area contributed by atoms with Crippen LogP contribution in [0.1, 0.15) is 32.0 Å². The molecule has 1 aromatic carbocycles. The Kier molecular flexibility index (Phi) is 8.08. The van der Waals surface area contributed by atoms with Crippen molar-refractivity contribution in [3.8, 4) is 11.4 Å². The van der Waals surface area contributed by atoms with E-state index in [4.69, 9.17) is 21.3 Å². The van der Waals surface area contributed by atoms with E-state index < -0.39 is 11.7 Å². The van der Waals surface area contributed by atoms with E-state index in [9.17, 15) is 18.0 Å². The van der Waals surface area contributed by atoms with Crippen LogP contribution in [0.2, 0.25) is 5.02 Å². The lowest BCUT2D eigenvalue weighted by molar-refractivity contribution is -0.137. The van der Waals surface area contributed by atoms with E-state index in [1.807, 2.05) is 32.0 Å². The summed E-state index contributed by atoms with van der Waals surface area (Å²) in [4.78, 5) is 24.9. The van der Waals surface area contributed by atoms with Gasteiger partial charge in [-0.3, -0.25) is 9.36 Å². The third-order valence-corrected chi connectivity index (χ3v) is 6.70. The fraction of sp³-hybridized carbons (Fsp3) is 0.423. The Morgan fingerprint density at radius 1 is 1.16 bits per heavy atom. The average Bonchev–Trinajstić information content (AvgIpc) is 3.27. The molecular weight excluding hydrogens is 507 g/mol. The van der Waals surface area contributed by atoms with E-state index in [0.29, 0.717) is 37.5 Å². The molecule has 1 saturated heterocycles. The second-order valence-electron chi connectivity index (χ2n) is 8.69. The summed E-state index contributed by atoms with van der Waals surface area (Å²) in [5, 5.41) is 3.27. The molecule has 2 unspecified atom stereocenters.